The zero-order chi connectivity index (χ0) is 17.9. The van der Waals surface area contributed by atoms with E-state index in [1.807, 2.05) is 36.5 Å². The van der Waals surface area contributed by atoms with E-state index >= 15 is 0 Å². The molecule has 3 rings (SSSR count). The molecule has 1 fully saturated rings. The van der Waals surface area contributed by atoms with Crippen LogP contribution in [0.25, 0.3) is 0 Å². The van der Waals surface area contributed by atoms with Gasteiger partial charge in [0.2, 0.25) is 5.91 Å². The molecule has 25 heavy (non-hydrogen) atoms. The third-order valence-electron chi connectivity index (χ3n) is 6.05. The highest BCUT2D eigenvalue weighted by molar-refractivity contribution is 5.79. The second kappa shape index (κ2) is 7.55. The number of hydrogen-bond donors (Lipinski definition) is 1. The lowest BCUT2D eigenvalue weighted by Crippen LogP contribution is -2.37. The van der Waals surface area contributed by atoms with Crippen molar-refractivity contribution in [3.8, 4) is 0 Å². The molecule has 0 bridgehead atoms. The van der Waals surface area contributed by atoms with Crippen molar-refractivity contribution >= 4 is 12.1 Å². The molecule has 2 aliphatic carbocycles. The number of allylic oxidation sites excluding steroid dienone is 2. The molecule has 0 unspecified atom stereocenters. The number of hydrogen-bond acceptors (Lipinski definition) is 2. The van der Waals surface area contributed by atoms with Crippen molar-refractivity contribution in [3.63, 3.8) is 0 Å². The Hall–Kier alpha value is -1.90. The molecule has 0 heterocycles. The summed E-state index contributed by atoms with van der Waals surface area (Å²) in [4.78, 5) is 12.0. The lowest BCUT2D eigenvalue weighted by atomic mass is 9.59. The molecule has 2 aliphatic rings. The Labute approximate surface area is 151 Å². The molecule has 1 N–H and O–H groups in total. The van der Waals surface area contributed by atoms with Gasteiger partial charge in [0.1, 0.15) is 0 Å². The number of nitrogens with one attached hydrogen (secondary N) is 1. The first-order valence-electron chi connectivity index (χ1n) is 9.50. The molecule has 0 aliphatic heterocycles. The molecule has 1 aromatic carbocycles. The van der Waals surface area contributed by atoms with Gasteiger partial charge in [-0.2, -0.15) is 5.10 Å². The number of nitrogens with zero attached hydrogens (tertiary/aromatic N) is 1. The van der Waals surface area contributed by atoms with Crippen LogP contribution in [0.3, 0.4) is 0 Å². The van der Waals surface area contributed by atoms with Gasteiger partial charge in [-0.3, -0.25) is 4.79 Å². The zero-order valence-electron chi connectivity index (χ0n) is 15.7. The molecule has 1 amide bonds. The molecule has 134 valence electrons. The number of benzene rings is 1. The first-order chi connectivity index (χ1) is 12.0. The van der Waals surface area contributed by atoms with Gasteiger partial charge in [-0.05, 0) is 54.4 Å². The van der Waals surface area contributed by atoms with Crippen molar-refractivity contribution in [3.05, 3.63) is 47.5 Å². The van der Waals surface area contributed by atoms with Crippen molar-refractivity contribution in [2.24, 2.45) is 28.3 Å². The van der Waals surface area contributed by atoms with E-state index in [-0.39, 0.29) is 5.91 Å². The van der Waals surface area contributed by atoms with Gasteiger partial charge in [-0.1, -0.05) is 62.8 Å². The van der Waals surface area contributed by atoms with Gasteiger partial charge < -0.3 is 0 Å². The van der Waals surface area contributed by atoms with Crippen LogP contribution in [0, 0.1) is 23.2 Å². The Morgan fingerprint density at radius 2 is 2.08 bits per heavy atom. The van der Waals surface area contributed by atoms with Gasteiger partial charge in [0.15, 0.2) is 0 Å². The molecule has 1 aromatic rings. The van der Waals surface area contributed by atoms with Crippen LogP contribution in [-0.4, -0.2) is 12.1 Å². The molecule has 3 nitrogen and oxygen atoms in total. The van der Waals surface area contributed by atoms with Gasteiger partial charge in [-0.25, -0.2) is 5.43 Å². The van der Waals surface area contributed by atoms with Gasteiger partial charge in [0, 0.05) is 6.21 Å². The summed E-state index contributed by atoms with van der Waals surface area (Å²) < 4.78 is 0. The van der Waals surface area contributed by atoms with E-state index in [1.165, 1.54) is 19.3 Å². The first kappa shape index (κ1) is 17.9. The van der Waals surface area contributed by atoms with Crippen molar-refractivity contribution in [2.45, 2.75) is 52.9 Å². The summed E-state index contributed by atoms with van der Waals surface area (Å²) in [5.74, 6) is 1.64. The minimum Gasteiger partial charge on any atom is -0.273 e. The van der Waals surface area contributed by atoms with Crippen LogP contribution in [0.5, 0.6) is 0 Å². The normalized spacial score (nSPS) is 28.3. The van der Waals surface area contributed by atoms with E-state index in [2.05, 4.69) is 37.4 Å². The van der Waals surface area contributed by atoms with E-state index in [0.717, 1.165) is 12.0 Å². The second-order valence-corrected chi connectivity index (χ2v) is 8.42. The van der Waals surface area contributed by atoms with Gasteiger partial charge in [-0.15, -0.1) is 0 Å². The van der Waals surface area contributed by atoms with Gasteiger partial charge >= 0.3 is 0 Å². The van der Waals surface area contributed by atoms with Crippen molar-refractivity contribution in [2.75, 3.05) is 0 Å². The number of carbonyl (C=O) groups is 1. The average Bonchev–Trinajstić information content (AvgIpc) is 2.56. The van der Waals surface area contributed by atoms with E-state index in [4.69, 9.17) is 0 Å². The number of hydrazone groups is 1. The number of fused-ring (bicyclic) bond motifs is 1. The third-order valence-corrected chi connectivity index (χ3v) is 6.05. The Bertz CT molecular complexity index is 660. The Morgan fingerprint density at radius 3 is 2.84 bits per heavy atom. The van der Waals surface area contributed by atoms with Crippen LogP contribution in [0.15, 0.2) is 47.1 Å². The Balaban J connectivity index is 1.57. The van der Waals surface area contributed by atoms with Crippen molar-refractivity contribution < 1.29 is 4.79 Å². The fraction of sp³-hybridized carbons (Fsp3) is 0.545. The molecule has 1 saturated carbocycles. The third kappa shape index (κ3) is 4.39. The van der Waals surface area contributed by atoms with E-state index in [0.29, 0.717) is 29.6 Å². The summed E-state index contributed by atoms with van der Waals surface area (Å²) >= 11 is 0. The van der Waals surface area contributed by atoms with Crippen molar-refractivity contribution in [1.29, 1.82) is 0 Å². The van der Waals surface area contributed by atoms with Gasteiger partial charge in [0.25, 0.3) is 0 Å². The van der Waals surface area contributed by atoms with Crippen LogP contribution in [-0.2, 0) is 11.2 Å². The first-order valence-corrected chi connectivity index (χ1v) is 9.50. The molecular formula is C22H30N2O. The summed E-state index contributed by atoms with van der Waals surface area (Å²) in [6, 6.07) is 9.79. The summed E-state index contributed by atoms with van der Waals surface area (Å²) in [6.45, 7) is 7.11. The number of rotatable bonds is 4. The van der Waals surface area contributed by atoms with Crippen LogP contribution in [0.4, 0.5) is 0 Å². The number of amides is 1. The highest BCUT2D eigenvalue weighted by atomic mass is 16.2. The fourth-order valence-corrected chi connectivity index (χ4v) is 4.41. The maximum absolute atomic E-state index is 12.0. The number of carbonyl (C=O) groups excluding carboxylic acids is 1. The monoisotopic (exact) mass is 338 g/mol. The smallest absolute Gasteiger partial charge is 0.244 e. The van der Waals surface area contributed by atoms with Gasteiger partial charge in [0.05, 0.1) is 6.42 Å². The summed E-state index contributed by atoms with van der Waals surface area (Å²) in [7, 11) is 0. The molecule has 3 heteroatoms. The van der Waals surface area contributed by atoms with E-state index in [1.54, 1.807) is 5.57 Å². The average molecular weight is 338 g/mol. The molecule has 0 saturated heterocycles. The van der Waals surface area contributed by atoms with Crippen LogP contribution >= 0.6 is 0 Å². The SMILES string of the molecule is C[C@@H]1CC2=CCCC(C)(C)[C@H]2C[C@@H]1C=NNC(=O)Cc1ccccc1. The van der Waals surface area contributed by atoms with Crippen LogP contribution < -0.4 is 5.43 Å². The lowest BCUT2D eigenvalue weighted by molar-refractivity contribution is -0.120. The summed E-state index contributed by atoms with van der Waals surface area (Å²) in [6.07, 6.45) is 9.64. The predicted octanol–water partition coefficient (Wildman–Crippen LogP) is 4.74. The maximum atomic E-state index is 12.0. The molecule has 3 atom stereocenters. The minimum atomic E-state index is -0.0514. The lowest BCUT2D eigenvalue weighted by Gasteiger charge is -2.46. The zero-order valence-corrected chi connectivity index (χ0v) is 15.7. The maximum Gasteiger partial charge on any atom is 0.244 e. The van der Waals surface area contributed by atoms with Crippen LogP contribution in [0.1, 0.15) is 52.0 Å². The second-order valence-electron chi connectivity index (χ2n) is 8.42. The molecule has 0 radical (unpaired) electrons. The van der Waals surface area contributed by atoms with E-state index in [9.17, 15) is 4.79 Å². The largest absolute Gasteiger partial charge is 0.273 e. The molecule has 0 aromatic heterocycles. The molecular weight excluding hydrogens is 308 g/mol. The molecule has 0 spiro atoms. The topological polar surface area (TPSA) is 41.5 Å². The van der Waals surface area contributed by atoms with Crippen LogP contribution in [0.2, 0.25) is 0 Å². The highest BCUT2D eigenvalue weighted by Gasteiger charge is 2.40. The fourth-order valence-electron chi connectivity index (χ4n) is 4.41. The van der Waals surface area contributed by atoms with E-state index < -0.39 is 0 Å². The minimum absolute atomic E-state index is 0.0514. The quantitative estimate of drug-likeness (QED) is 0.481. The summed E-state index contributed by atoms with van der Waals surface area (Å²) in [5, 5.41) is 4.28. The highest BCUT2D eigenvalue weighted by Crippen LogP contribution is 2.50. The standard InChI is InChI=1S/C22H30N2O/c1-16-12-18-10-7-11-22(2,3)20(18)14-19(16)15-23-24-21(25)13-17-8-5-4-6-9-17/h4-6,8-10,15-16,19-20H,7,11-14H2,1-3H3,(H,24,25)/t16-,19-,20+/m1/s1. The Morgan fingerprint density at radius 1 is 1.32 bits per heavy atom. The Kier molecular flexibility index (Phi) is 5.41. The predicted molar refractivity (Wildman–Crippen MR) is 103 cm³/mol. The summed E-state index contributed by atoms with van der Waals surface area (Å²) in [5.41, 5.74) is 5.76. The van der Waals surface area contributed by atoms with Crippen molar-refractivity contribution in [1.82, 2.24) is 5.43 Å².